The van der Waals surface area contributed by atoms with Crippen LogP contribution in [0.5, 0.6) is 5.75 Å². The normalized spacial score (nSPS) is 11.8. The lowest BCUT2D eigenvalue weighted by molar-refractivity contribution is -0.144. The molecule has 0 aliphatic carbocycles. The van der Waals surface area contributed by atoms with Gasteiger partial charge >= 0.3 is 12.1 Å². The average molecular weight is 360 g/mol. The summed E-state index contributed by atoms with van der Waals surface area (Å²) in [5.74, 6) is -0.516. The molecule has 0 aliphatic rings. The number of esters is 1. The maximum absolute atomic E-state index is 12.5. The first-order chi connectivity index (χ1) is 11.8. The fourth-order valence-corrected chi connectivity index (χ4v) is 1.75. The van der Waals surface area contributed by atoms with Crippen molar-refractivity contribution in [2.45, 2.75) is 58.7 Å². The van der Waals surface area contributed by atoms with Crippen LogP contribution < -0.4 is 4.74 Å². The van der Waals surface area contributed by atoms with Gasteiger partial charge in [-0.15, -0.1) is 0 Å². The van der Waals surface area contributed by atoms with Gasteiger partial charge in [-0.05, 0) is 24.6 Å². The van der Waals surface area contributed by atoms with E-state index >= 15 is 0 Å². The molecular formula is C19H27F3O3. The molecule has 0 N–H and O–H groups in total. The van der Waals surface area contributed by atoms with E-state index in [4.69, 9.17) is 9.47 Å². The van der Waals surface area contributed by atoms with E-state index in [1.807, 2.05) is 0 Å². The van der Waals surface area contributed by atoms with Gasteiger partial charge in [0.05, 0.1) is 5.56 Å². The first-order valence-corrected chi connectivity index (χ1v) is 8.41. The maximum Gasteiger partial charge on any atom is 0.416 e. The number of carbonyl (C=O) groups excluding carboxylic acids is 1. The second kappa shape index (κ2) is 12.4. The van der Waals surface area contributed by atoms with Crippen LogP contribution in [0.1, 0.15) is 52.0 Å². The number of hydrogen-bond donors (Lipinski definition) is 0. The van der Waals surface area contributed by atoms with Gasteiger partial charge in [0.2, 0.25) is 0 Å². The lowest BCUT2D eigenvalue weighted by atomic mass is 10.2. The summed E-state index contributed by atoms with van der Waals surface area (Å²) in [5.41, 5.74) is -0.786. The molecule has 1 aromatic rings. The lowest BCUT2D eigenvalue weighted by Crippen LogP contribution is -2.23. The zero-order valence-electron chi connectivity index (χ0n) is 15.1. The lowest BCUT2D eigenvalue weighted by Gasteiger charge is -2.16. The zero-order chi connectivity index (χ0) is 19.3. The quantitative estimate of drug-likeness (QED) is 0.435. The van der Waals surface area contributed by atoms with Crippen LogP contribution in [-0.2, 0) is 15.7 Å². The molecule has 142 valence electrons. The van der Waals surface area contributed by atoms with Crippen LogP contribution >= 0.6 is 0 Å². The second-order valence-electron chi connectivity index (χ2n) is 5.36. The third-order valence-electron chi connectivity index (χ3n) is 3.21. The molecule has 0 saturated carbocycles. The average Bonchev–Trinajstić information content (AvgIpc) is 2.59. The van der Waals surface area contributed by atoms with E-state index in [9.17, 15) is 18.0 Å². The van der Waals surface area contributed by atoms with Crippen molar-refractivity contribution in [1.82, 2.24) is 0 Å². The van der Waals surface area contributed by atoms with Crippen molar-refractivity contribution in [3.8, 4) is 5.75 Å². The van der Waals surface area contributed by atoms with Gasteiger partial charge in [-0.2, -0.15) is 13.2 Å². The predicted molar refractivity (Wildman–Crippen MR) is 92.5 cm³/mol. The number of carbonyl (C=O) groups is 1. The molecule has 6 heteroatoms. The standard InChI is InChI=1S/C14H15F3O3.C5H12/c1-3-11(20-13(18)4-2)9-19-12-7-5-6-10(8-12)14(15,16)17;1-3-5-4-2/h4-8,11H,2-3,9H2,1H3;3-5H2,1-2H3. The van der Waals surface area contributed by atoms with Gasteiger partial charge in [-0.3, -0.25) is 0 Å². The van der Waals surface area contributed by atoms with Gasteiger partial charge in [0.15, 0.2) is 0 Å². The number of halogens is 3. The van der Waals surface area contributed by atoms with Crippen molar-refractivity contribution in [3.05, 3.63) is 42.5 Å². The summed E-state index contributed by atoms with van der Waals surface area (Å²) in [6, 6.07) is 4.54. The highest BCUT2D eigenvalue weighted by molar-refractivity contribution is 5.81. The Balaban J connectivity index is 0.00000101. The van der Waals surface area contributed by atoms with Gasteiger partial charge in [0.1, 0.15) is 18.5 Å². The van der Waals surface area contributed by atoms with E-state index in [0.29, 0.717) is 6.42 Å². The highest BCUT2D eigenvalue weighted by Gasteiger charge is 2.30. The summed E-state index contributed by atoms with van der Waals surface area (Å²) in [6.07, 6.45) is 0.632. The fraction of sp³-hybridized carbons (Fsp3) is 0.526. The van der Waals surface area contributed by atoms with E-state index < -0.39 is 23.8 Å². The van der Waals surface area contributed by atoms with Crippen molar-refractivity contribution in [2.75, 3.05) is 6.61 Å². The maximum atomic E-state index is 12.5. The number of rotatable bonds is 8. The number of ether oxygens (including phenoxy) is 2. The van der Waals surface area contributed by atoms with Crippen LogP contribution in [0.25, 0.3) is 0 Å². The second-order valence-corrected chi connectivity index (χ2v) is 5.36. The van der Waals surface area contributed by atoms with Crippen molar-refractivity contribution >= 4 is 5.97 Å². The van der Waals surface area contributed by atoms with Crippen LogP contribution in [0.4, 0.5) is 13.2 Å². The first-order valence-electron chi connectivity index (χ1n) is 8.41. The number of hydrogen-bond acceptors (Lipinski definition) is 3. The summed E-state index contributed by atoms with van der Waals surface area (Å²) in [7, 11) is 0. The van der Waals surface area contributed by atoms with Crippen LogP contribution in [0, 0.1) is 0 Å². The minimum absolute atomic E-state index is 0.0165. The Morgan fingerprint density at radius 1 is 1.24 bits per heavy atom. The Bertz CT molecular complexity index is 511. The van der Waals surface area contributed by atoms with E-state index in [2.05, 4.69) is 20.4 Å². The van der Waals surface area contributed by atoms with E-state index in [0.717, 1.165) is 18.2 Å². The highest BCUT2D eigenvalue weighted by atomic mass is 19.4. The zero-order valence-corrected chi connectivity index (χ0v) is 15.1. The molecule has 0 radical (unpaired) electrons. The Morgan fingerprint density at radius 3 is 2.32 bits per heavy atom. The summed E-state index contributed by atoms with van der Waals surface area (Å²) >= 11 is 0. The molecule has 0 amide bonds. The molecule has 1 rings (SSSR count). The van der Waals surface area contributed by atoms with Gasteiger partial charge < -0.3 is 9.47 Å². The topological polar surface area (TPSA) is 35.5 Å². The molecule has 0 spiro atoms. The molecule has 1 aromatic carbocycles. The minimum Gasteiger partial charge on any atom is -0.490 e. The van der Waals surface area contributed by atoms with Crippen LogP contribution in [0.3, 0.4) is 0 Å². The summed E-state index contributed by atoms with van der Waals surface area (Å²) in [5, 5.41) is 0. The summed E-state index contributed by atoms with van der Waals surface area (Å²) in [4.78, 5) is 11.0. The Labute approximate surface area is 147 Å². The van der Waals surface area contributed by atoms with Crippen molar-refractivity contribution in [1.29, 1.82) is 0 Å². The molecule has 1 unspecified atom stereocenters. The number of benzene rings is 1. The molecule has 0 heterocycles. The monoisotopic (exact) mass is 360 g/mol. The van der Waals surface area contributed by atoms with Crippen molar-refractivity contribution < 1.29 is 27.4 Å². The fourth-order valence-electron chi connectivity index (χ4n) is 1.75. The Hall–Kier alpha value is -1.98. The molecule has 3 nitrogen and oxygen atoms in total. The van der Waals surface area contributed by atoms with Gasteiger partial charge in [0, 0.05) is 6.08 Å². The molecule has 0 fully saturated rings. The molecule has 0 saturated heterocycles. The van der Waals surface area contributed by atoms with E-state index in [1.165, 1.54) is 31.4 Å². The van der Waals surface area contributed by atoms with Crippen LogP contribution in [0.15, 0.2) is 36.9 Å². The SMILES string of the molecule is C=CC(=O)OC(CC)COc1cccc(C(F)(F)F)c1.CCCCC. The van der Waals surface area contributed by atoms with Gasteiger partial charge in [0.25, 0.3) is 0 Å². The Morgan fingerprint density at radius 2 is 1.88 bits per heavy atom. The summed E-state index contributed by atoms with van der Waals surface area (Å²) < 4.78 is 47.7. The number of unbranched alkanes of at least 4 members (excludes halogenated alkanes) is 2. The molecule has 0 bridgehead atoms. The van der Waals surface area contributed by atoms with Gasteiger partial charge in [-0.25, -0.2) is 4.79 Å². The smallest absolute Gasteiger partial charge is 0.416 e. The van der Waals surface area contributed by atoms with E-state index in [1.54, 1.807) is 6.92 Å². The Kier molecular flexibility index (Phi) is 11.4. The largest absolute Gasteiger partial charge is 0.490 e. The molecule has 0 aromatic heterocycles. The van der Waals surface area contributed by atoms with Crippen molar-refractivity contribution in [3.63, 3.8) is 0 Å². The number of alkyl halides is 3. The minimum atomic E-state index is -4.42. The molecule has 0 aliphatic heterocycles. The third kappa shape index (κ3) is 10.5. The predicted octanol–water partition coefficient (Wildman–Crippen LogP) is 5.79. The first kappa shape index (κ1) is 23.0. The van der Waals surface area contributed by atoms with Gasteiger partial charge in [-0.1, -0.05) is 52.7 Å². The molecule has 1 atom stereocenters. The van der Waals surface area contributed by atoms with Crippen LogP contribution in [-0.4, -0.2) is 18.7 Å². The van der Waals surface area contributed by atoms with E-state index in [-0.39, 0.29) is 12.4 Å². The summed E-state index contributed by atoms with van der Waals surface area (Å²) in [6.45, 7) is 9.45. The third-order valence-corrected chi connectivity index (χ3v) is 3.21. The molecule has 25 heavy (non-hydrogen) atoms. The highest BCUT2D eigenvalue weighted by Crippen LogP contribution is 2.31. The van der Waals surface area contributed by atoms with Crippen molar-refractivity contribution in [2.24, 2.45) is 0 Å². The van der Waals surface area contributed by atoms with Crippen LogP contribution in [0.2, 0.25) is 0 Å². The molecular weight excluding hydrogens is 333 g/mol.